The van der Waals surface area contributed by atoms with Crippen LogP contribution in [-0.2, 0) is 11.0 Å². The largest absolute Gasteiger partial charge is 0.494 e. The number of thioether (sulfide) groups is 1. The van der Waals surface area contributed by atoms with E-state index in [-0.39, 0.29) is 16.5 Å². The van der Waals surface area contributed by atoms with E-state index in [4.69, 9.17) is 16.3 Å². The van der Waals surface area contributed by atoms with Crippen LogP contribution in [0.4, 0.5) is 18.9 Å². The van der Waals surface area contributed by atoms with Crippen LogP contribution < -0.4 is 10.1 Å². The van der Waals surface area contributed by atoms with E-state index in [1.54, 1.807) is 54.6 Å². The maximum Gasteiger partial charge on any atom is 0.417 e. The summed E-state index contributed by atoms with van der Waals surface area (Å²) in [6, 6.07) is 15.4. The molecule has 10 heteroatoms. The minimum absolute atomic E-state index is 0.0363. The molecule has 0 fully saturated rings. The van der Waals surface area contributed by atoms with E-state index < -0.39 is 23.2 Å². The van der Waals surface area contributed by atoms with Crippen molar-refractivity contribution in [3.8, 4) is 23.1 Å². The van der Waals surface area contributed by atoms with Crippen molar-refractivity contribution >= 4 is 35.0 Å². The summed E-state index contributed by atoms with van der Waals surface area (Å²) in [5, 5.41) is 12.3. The normalized spacial score (nSPS) is 11.1. The zero-order valence-electron chi connectivity index (χ0n) is 18.7. The Bertz CT molecular complexity index is 1230. The number of amides is 1. The first kappa shape index (κ1) is 26.4. The van der Waals surface area contributed by atoms with Gasteiger partial charge in [-0.15, -0.1) is 0 Å². The Morgan fingerprint density at radius 2 is 1.94 bits per heavy atom. The second-order valence-corrected chi connectivity index (χ2v) is 8.82. The number of carbonyl (C=O) groups excluding carboxylic acids is 1. The molecular weight excluding hydrogens is 499 g/mol. The average molecular weight is 520 g/mol. The van der Waals surface area contributed by atoms with Gasteiger partial charge in [0.1, 0.15) is 16.8 Å². The maximum atomic E-state index is 13.8. The van der Waals surface area contributed by atoms with Gasteiger partial charge in [0, 0.05) is 16.3 Å². The molecule has 1 N–H and O–H groups in total. The Balaban J connectivity index is 1.87. The van der Waals surface area contributed by atoms with Gasteiger partial charge in [-0.05, 0) is 55.0 Å². The van der Waals surface area contributed by atoms with Crippen molar-refractivity contribution < 1.29 is 22.7 Å². The summed E-state index contributed by atoms with van der Waals surface area (Å²) in [5.74, 6) is -0.131. The summed E-state index contributed by atoms with van der Waals surface area (Å²) in [6.45, 7) is 2.58. The summed E-state index contributed by atoms with van der Waals surface area (Å²) in [6.07, 6.45) is -2.91. The van der Waals surface area contributed by atoms with Crippen LogP contribution >= 0.6 is 23.4 Å². The van der Waals surface area contributed by atoms with Gasteiger partial charge in [0.25, 0.3) is 0 Å². The van der Waals surface area contributed by atoms with Crippen LogP contribution in [0.2, 0.25) is 5.02 Å². The number of nitriles is 1. The lowest BCUT2D eigenvalue weighted by atomic mass is 10.1. The molecule has 5 nitrogen and oxygen atoms in total. The van der Waals surface area contributed by atoms with Crippen molar-refractivity contribution in [3.63, 3.8) is 0 Å². The molecule has 0 aliphatic carbocycles. The molecule has 3 aromatic rings. The number of hydrogen-bond donors (Lipinski definition) is 1. The number of nitrogens with zero attached hydrogens (tertiary/aromatic N) is 2. The lowest BCUT2D eigenvalue weighted by molar-refractivity contribution is -0.138. The second kappa shape index (κ2) is 12.0. The molecule has 0 saturated carbocycles. The first-order valence-corrected chi connectivity index (χ1v) is 12.0. The third-order valence-corrected chi connectivity index (χ3v) is 5.98. The molecule has 0 saturated heterocycles. The fraction of sp³-hybridized carbons (Fsp3) is 0.240. The maximum absolute atomic E-state index is 13.8. The number of ether oxygens (including phenoxy) is 1. The molecule has 0 spiro atoms. The molecule has 1 heterocycles. The Hall–Kier alpha value is -3.22. The van der Waals surface area contributed by atoms with Crippen LogP contribution in [0.1, 0.15) is 30.9 Å². The Labute approximate surface area is 210 Å². The van der Waals surface area contributed by atoms with E-state index in [0.717, 1.165) is 30.7 Å². The number of carbonyl (C=O) groups is 1. The van der Waals surface area contributed by atoms with Crippen molar-refractivity contribution in [2.75, 3.05) is 17.7 Å². The molecule has 0 unspecified atom stereocenters. The van der Waals surface area contributed by atoms with Crippen LogP contribution in [0.25, 0.3) is 11.3 Å². The van der Waals surface area contributed by atoms with Crippen molar-refractivity contribution in [1.82, 2.24) is 4.98 Å². The van der Waals surface area contributed by atoms with E-state index in [9.17, 15) is 23.2 Å². The molecule has 35 heavy (non-hydrogen) atoms. The quantitative estimate of drug-likeness (QED) is 0.239. The van der Waals surface area contributed by atoms with Crippen LogP contribution in [0.3, 0.4) is 0 Å². The number of aromatic nitrogens is 1. The van der Waals surface area contributed by atoms with Crippen LogP contribution in [0.5, 0.6) is 5.75 Å². The first-order valence-electron chi connectivity index (χ1n) is 10.6. The summed E-state index contributed by atoms with van der Waals surface area (Å²) in [5.41, 5.74) is -0.822. The lowest BCUT2D eigenvalue weighted by Gasteiger charge is -2.14. The van der Waals surface area contributed by atoms with Gasteiger partial charge in [-0.25, -0.2) is 4.98 Å². The van der Waals surface area contributed by atoms with Crippen LogP contribution in [-0.4, -0.2) is 23.3 Å². The van der Waals surface area contributed by atoms with Crippen molar-refractivity contribution in [1.29, 1.82) is 5.26 Å². The van der Waals surface area contributed by atoms with E-state index in [1.165, 1.54) is 0 Å². The number of anilines is 1. The number of alkyl halides is 3. The number of benzene rings is 2. The van der Waals surface area contributed by atoms with Gasteiger partial charge in [-0.1, -0.05) is 42.8 Å². The van der Waals surface area contributed by atoms with Gasteiger partial charge in [-0.3, -0.25) is 4.79 Å². The summed E-state index contributed by atoms with van der Waals surface area (Å²) in [7, 11) is 0. The lowest BCUT2D eigenvalue weighted by Crippen LogP contribution is -2.15. The Morgan fingerprint density at radius 1 is 1.20 bits per heavy atom. The predicted molar refractivity (Wildman–Crippen MR) is 131 cm³/mol. The highest BCUT2D eigenvalue weighted by atomic mass is 35.5. The Kier molecular flexibility index (Phi) is 9.01. The standard InChI is InChI=1S/C25H21ClF3N3O2S/c1-2-3-11-34-19-9-7-16(8-10-19)22-13-21(25(27,28)29)20(14-30)24(32-22)35-15-23(33)31-18-6-4-5-17(26)12-18/h4-10,12-13H,2-3,11,15H2,1H3,(H,31,33). The topological polar surface area (TPSA) is 75.0 Å². The van der Waals surface area contributed by atoms with E-state index in [1.807, 2.05) is 6.92 Å². The summed E-state index contributed by atoms with van der Waals surface area (Å²) < 4.78 is 46.9. The molecule has 0 radical (unpaired) electrons. The molecule has 0 bridgehead atoms. The van der Waals surface area contributed by atoms with Crippen molar-refractivity contribution in [2.24, 2.45) is 0 Å². The van der Waals surface area contributed by atoms with Gasteiger partial charge in [-0.2, -0.15) is 18.4 Å². The van der Waals surface area contributed by atoms with Gasteiger partial charge in [0.2, 0.25) is 5.91 Å². The molecule has 182 valence electrons. The highest BCUT2D eigenvalue weighted by molar-refractivity contribution is 8.00. The van der Waals surface area contributed by atoms with Gasteiger partial charge < -0.3 is 10.1 Å². The molecule has 1 aromatic heterocycles. The molecule has 3 rings (SSSR count). The van der Waals surface area contributed by atoms with Crippen LogP contribution in [0, 0.1) is 11.3 Å². The van der Waals surface area contributed by atoms with Crippen molar-refractivity contribution in [2.45, 2.75) is 31.0 Å². The average Bonchev–Trinajstić information content (AvgIpc) is 2.82. The number of pyridine rings is 1. The zero-order chi connectivity index (χ0) is 25.4. The second-order valence-electron chi connectivity index (χ2n) is 7.42. The summed E-state index contributed by atoms with van der Waals surface area (Å²) >= 11 is 6.66. The third-order valence-electron chi connectivity index (χ3n) is 4.77. The number of nitrogens with one attached hydrogen (secondary N) is 1. The van der Waals surface area contributed by atoms with Crippen LogP contribution in [0.15, 0.2) is 59.6 Å². The smallest absolute Gasteiger partial charge is 0.417 e. The summed E-state index contributed by atoms with van der Waals surface area (Å²) in [4.78, 5) is 16.6. The van der Waals surface area contributed by atoms with Gasteiger partial charge >= 0.3 is 6.18 Å². The number of rotatable bonds is 9. The highest BCUT2D eigenvalue weighted by Gasteiger charge is 2.36. The van der Waals surface area contributed by atoms with Gasteiger partial charge in [0.05, 0.1) is 29.2 Å². The molecule has 1 amide bonds. The monoisotopic (exact) mass is 519 g/mol. The third kappa shape index (κ3) is 7.38. The molecule has 0 atom stereocenters. The molecular formula is C25H21ClF3N3O2S. The van der Waals surface area contributed by atoms with E-state index >= 15 is 0 Å². The minimum atomic E-state index is -4.77. The zero-order valence-corrected chi connectivity index (χ0v) is 20.2. The number of hydrogen-bond acceptors (Lipinski definition) is 5. The van der Waals surface area contributed by atoms with E-state index in [0.29, 0.717) is 28.6 Å². The van der Waals surface area contributed by atoms with E-state index in [2.05, 4.69) is 10.3 Å². The fourth-order valence-corrected chi connectivity index (χ4v) is 4.05. The highest BCUT2D eigenvalue weighted by Crippen LogP contribution is 2.38. The van der Waals surface area contributed by atoms with Gasteiger partial charge in [0.15, 0.2) is 0 Å². The minimum Gasteiger partial charge on any atom is -0.494 e. The fourth-order valence-electron chi connectivity index (χ4n) is 3.06. The SMILES string of the molecule is CCCCOc1ccc(-c2cc(C(F)(F)F)c(C#N)c(SCC(=O)Nc3cccc(Cl)c3)n2)cc1. The number of unbranched alkanes of at least 4 members (excludes halogenated alkanes) is 1. The first-order chi connectivity index (χ1) is 16.7. The predicted octanol–water partition coefficient (Wildman–Crippen LogP) is 7.20. The van der Waals surface area contributed by atoms with Crippen molar-refractivity contribution in [3.05, 3.63) is 70.7 Å². The number of halogens is 4. The molecule has 0 aliphatic heterocycles. The molecule has 2 aromatic carbocycles. The Morgan fingerprint density at radius 3 is 2.57 bits per heavy atom. The molecule has 0 aliphatic rings.